The fourth-order valence-electron chi connectivity index (χ4n) is 3.08. The Balaban J connectivity index is 1.60. The molecule has 6 heteroatoms. The second kappa shape index (κ2) is 9.66. The fourth-order valence-corrected chi connectivity index (χ4v) is 3.08. The van der Waals surface area contributed by atoms with Crippen LogP contribution in [0.25, 0.3) is 11.1 Å². The molecule has 142 valence electrons. The Morgan fingerprint density at radius 3 is 2.46 bits per heavy atom. The molecule has 0 spiro atoms. The van der Waals surface area contributed by atoms with Crippen molar-refractivity contribution in [3.63, 3.8) is 0 Å². The number of carbonyl (C=O) groups excluding carboxylic acids is 1. The van der Waals surface area contributed by atoms with E-state index in [4.69, 9.17) is 10.00 Å². The SMILES string of the molecule is N#Cc1ccc(-c2ccc(C[C@@H](C#N)NC(=O)[C@H]3CNCCCO3)cc2)cc1. The molecule has 0 aliphatic carbocycles. The summed E-state index contributed by atoms with van der Waals surface area (Å²) in [5.74, 6) is -0.254. The molecule has 2 aromatic carbocycles. The number of benzene rings is 2. The van der Waals surface area contributed by atoms with E-state index in [1.807, 2.05) is 36.4 Å². The highest BCUT2D eigenvalue weighted by atomic mass is 16.5. The zero-order valence-corrected chi connectivity index (χ0v) is 15.5. The highest BCUT2D eigenvalue weighted by Crippen LogP contribution is 2.20. The standard InChI is InChI=1S/C22H22N4O2/c23-13-17-4-8-19(9-5-17)18-6-2-16(3-7-18)12-20(14-24)26-22(27)21-15-25-10-1-11-28-21/h2-9,20-21,25H,1,10-12,15H2,(H,26,27)/t20-,21+/m0/s1. The van der Waals surface area contributed by atoms with Gasteiger partial charge in [0.2, 0.25) is 0 Å². The number of nitrogens with zero attached hydrogens (tertiary/aromatic N) is 2. The number of hydrogen-bond donors (Lipinski definition) is 2. The van der Waals surface area contributed by atoms with Gasteiger partial charge in [0, 0.05) is 19.6 Å². The van der Waals surface area contributed by atoms with Crippen LogP contribution in [-0.4, -0.2) is 37.7 Å². The van der Waals surface area contributed by atoms with Gasteiger partial charge >= 0.3 is 0 Å². The maximum atomic E-state index is 12.4. The lowest BCUT2D eigenvalue weighted by atomic mass is 10.00. The van der Waals surface area contributed by atoms with Crippen LogP contribution >= 0.6 is 0 Å². The molecule has 0 unspecified atom stereocenters. The summed E-state index contributed by atoms with van der Waals surface area (Å²) in [7, 11) is 0. The molecule has 3 rings (SSSR count). The molecule has 0 aromatic heterocycles. The topological polar surface area (TPSA) is 97.9 Å². The van der Waals surface area contributed by atoms with E-state index in [1.54, 1.807) is 12.1 Å². The highest BCUT2D eigenvalue weighted by molar-refractivity contribution is 5.81. The van der Waals surface area contributed by atoms with Gasteiger partial charge in [0.1, 0.15) is 12.1 Å². The number of nitriles is 2. The average Bonchev–Trinajstić information content (AvgIpc) is 3.03. The Morgan fingerprint density at radius 2 is 1.82 bits per heavy atom. The Morgan fingerprint density at radius 1 is 1.14 bits per heavy atom. The van der Waals surface area contributed by atoms with Crippen molar-refractivity contribution in [2.24, 2.45) is 0 Å². The Hall–Kier alpha value is -3.19. The van der Waals surface area contributed by atoms with Crippen molar-refractivity contribution in [3.05, 3.63) is 59.7 Å². The van der Waals surface area contributed by atoms with Crippen LogP contribution in [0.4, 0.5) is 0 Å². The van der Waals surface area contributed by atoms with Crippen LogP contribution in [0.2, 0.25) is 0 Å². The van der Waals surface area contributed by atoms with Crippen LogP contribution < -0.4 is 10.6 Å². The van der Waals surface area contributed by atoms with Gasteiger partial charge in [0.25, 0.3) is 5.91 Å². The van der Waals surface area contributed by atoms with Gasteiger partial charge in [-0.2, -0.15) is 10.5 Å². The van der Waals surface area contributed by atoms with Crippen molar-refractivity contribution >= 4 is 5.91 Å². The summed E-state index contributed by atoms with van der Waals surface area (Å²) in [4.78, 5) is 12.4. The van der Waals surface area contributed by atoms with Gasteiger partial charge in [-0.15, -0.1) is 0 Å². The first kappa shape index (κ1) is 19.6. The molecule has 0 saturated carbocycles. The quantitative estimate of drug-likeness (QED) is 0.836. The molecule has 1 saturated heterocycles. The van der Waals surface area contributed by atoms with Crippen LogP contribution in [0, 0.1) is 22.7 Å². The summed E-state index contributed by atoms with van der Waals surface area (Å²) in [5, 5.41) is 24.2. The van der Waals surface area contributed by atoms with E-state index in [1.165, 1.54) is 0 Å². The van der Waals surface area contributed by atoms with E-state index in [0.717, 1.165) is 29.7 Å². The lowest BCUT2D eigenvalue weighted by molar-refractivity contribution is -0.132. The molecule has 2 N–H and O–H groups in total. The fraction of sp³-hybridized carbons (Fsp3) is 0.318. The second-order valence-corrected chi connectivity index (χ2v) is 6.70. The summed E-state index contributed by atoms with van der Waals surface area (Å²) < 4.78 is 5.54. The van der Waals surface area contributed by atoms with Crippen LogP contribution in [0.3, 0.4) is 0 Å². The molecule has 0 bridgehead atoms. The zero-order chi connectivity index (χ0) is 19.8. The third-order valence-electron chi connectivity index (χ3n) is 4.65. The molecule has 1 aliphatic rings. The molecule has 2 aromatic rings. The predicted molar refractivity (Wildman–Crippen MR) is 105 cm³/mol. The smallest absolute Gasteiger partial charge is 0.251 e. The van der Waals surface area contributed by atoms with Crippen LogP contribution in [-0.2, 0) is 16.0 Å². The van der Waals surface area contributed by atoms with Gasteiger partial charge in [0.15, 0.2) is 0 Å². The van der Waals surface area contributed by atoms with Gasteiger partial charge < -0.3 is 15.4 Å². The molecular weight excluding hydrogens is 352 g/mol. The summed E-state index contributed by atoms with van der Waals surface area (Å²) in [6.45, 7) is 1.83. The molecule has 0 radical (unpaired) electrons. The number of rotatable bonds is 5. The molecule has 6 nitrogen and oxygen atoms in total. The summed E-state index contributed by atoms with van der Waals surface area (Å²) in [6.07, 6.45) is 0.740. The van der Waals surface area contributed by atoms with Crippen molar-refractivity contribution in [3.8, 4) is 23.3 Å². The first-order chi connectivity index (χ1) is 13.7. The minimum absolute atomic E-state index is 0.254. The van der Waals surface area contributed by atoms with Gasteiger partial charge in [-0.1, -0.05) is 36.4 Å². The molecule has 1 heterocycles. The van der Waals surface area contributed by atoms with Crippen molar-refractivity contribution in [1.82, 2.24) is 10.6 Å². The van der Waals surface area contributed by atoms with Crippen molar-refractivity contribution < 1.29 is 9.53 Å². The molecule has 28 heavy (non-hydrogen) atoms. The lowest BCUT2D eigenvalue weighted by Crippen LogP contribution is -2.46. The van der Waals surface area contributed by atoms with E-state index < -0.39 is 12.1 Å². The van der Waals surface area contributed by atoms with E-state index in [-0.39, 0.29) is 5.91 Å². The summed E-state index contributed by atoms with van der Waals surface area (Å²) in [6, 6.07) is 18.9. The van der Waals surface area contributed by atoms with Crippen LogP contribution in [0.15, 0.2) is 48.5 Å². The normalized spacial score (nSPS) is 17.6. The Labute approximate surface area is 164 Å². The van der Waals surface area contributed by atoms with E-state index in [2.05, 4.69) is 22.8 Å². The second-order valence-electron chi connectivity index (χ2n) is 6.70. The predicted octanol–water partition coefficient (Wildman–Crippen LogP) is 2.15. The van der Waals surface area contributed by atoms with Crippen LogP contribution in [0.5, 0.6) is 0 Å². The zero-order valence-electron chi connectivity index (χ0n) is 15.5. The van der Waals surface area contributed by atoms with Gasteiger partial charge in [-0.05, 0) is 41.8 Å². The monoisotopic (exact) mass is 374 g/mol. The summed E-state index contributed by atoms with van der Waals surface area (Å²) in [5.41, 5.74) is 3.64. The highest BCUT2D eigenvalue weighted by Gasteiger charge is 2.23. The number of ether oxygens (including phenoxy) is 1. The first-order valence-electron chi connectivity index (χ1n) is 9.31. The molecule has 1 aliphatic heterocycles. The molecular formula is C22H22N4O2. The number of amides is 1. The largest absolute Gasteiger partial charge is 0.367 e. The number of nitrogens with one attached hydrogen (secondary N) is 2. The van der Waals surface area contributed by atoms with Gasteiger partial charge in [-0.3, -0.25) is 4.79 Å². The Kier molecular flexibility index (Phi) is 6.75. The third kappa shape index (κ3) is 5.17. The maximum Gasteiger partial charge on any atom is 0.251 e. The average molecular weight is 374 g/mol. The van der Waals surface area contributed by atoms with Gasteiger partial charge in [-0.25, -0.2) is 0 Å². The number of carbonyl (C=O) groups is 1. The van der Waals surface area contributed by atoms with Crippen molar-refractivity contribution in [2.45, 2.75) is 25.0 Å². The minimum atomic E-state index is -0.611. The Bertz CT molecular complexity index is 871. The van der Waals surface area contributed by atoms with E-state index >= 15 is 0 Å². The first-order valence-corrected chi connectivity index (χ1v) is 9.31. The molecule has 2 atom stereocenters. The molecule has 1 fully saturated rings. The lowest BCUT2D eigenvalue weighted by Gasteiger charge is -2.18. The van der Waals surface area contributed by atoms with Crippen molar-refractivity contribution in [2.75, 3.05) is 19.7 Å². The number of hydrogen-bond acceptors (Lipinski definition) is 5. The third-order valence-corrected chi connectivity index (χ3v) is 4.65. The minimum Gasteiger partial charge on any atom is -0.367 e. The van der Waals surface area contributed by atoms with E-state index in [9.17, 15) is 10.1 Å². The maximum absolute atomic E-state index is 12.4. The van der Waals surface area contributed by atoms with Crippen molar-refractivity contribution in [1.29, 1.82) is 10.5 Å². The van der Waals surface area contributed by atoms with Crippen LogP contribution in [0.1, 0.15) is 17.5 Å². The summed E-state index contributed by atoms with van der Waals surface area (Å²) >= 11 is 0. The van der Waals surface area contributed by atoms with Gasteiger partial charge in [0.05, 0.1) is 17.7 Å². The van der Waals surface area contributed by atoms with E-state index in [0.29, 0.717) is 25.1 Å². The molecule has 1 amide bonds.